The molecule has 0 saturated heterocycles. The van der Waals surface area contributed by atoms with Crippen molar-refractivity contribution in [1.82, 2.24) is 19.3 Å². The second kappa shape index (κ2) is 13.1. The van der Waals surface area contributed by atoms with Crippen LogP contribution in [0.3, 0.4) is 0 Å². The summed E-state index contributed by atoms with van der Waals surface area (Å²) in [5.74, 6) is -1.55. The number of carbonyl (C=O) groups excluding carboxylic acids is 3. The molecule has 0 aliphatic carbocycles. The highest BCUT2D eigenvalue weighted by Crippen LogP contribution is 2.30. The van der Waals surface area contributed by atoms with E-state index in [-0.39, 0.29) is 25.5 Å². The number of benzene rings is 2. The second-order valence-corrected chi connectivity index (χ2v) is 10.9. The predicted molar refractivity (Wildman–Crippen MR) is 150 cm³/mol. The molecular formula is C27H33ClN4O6S. The molecule has 39 heavy (non-hydrogen) atoms. The zero-order valence-corrected chi connectivity index (χ0v) is 23.9. The fraction of sp³-hybridized carbons (Fsp3) is 0.370. The van der Waals surface area contributed by atoms with Crippen molar-refractivity contribution >= 4 is 50.5 Å². The van der Waals surface area contributed by atoms with E-state index in [2.05, 4.69) is 17.0 Å². The number of halogens is 1. The zero-order valence-electron chi connectivity index (χ0n) is 22.3. The monoisotopic (exact) mass is 576 g/mol. The average Bonchev–Trinajstić information content (AvgIpc) is 3.21. The van der Waals surface area contributed by atoms with E-state index in [0.29, 0.717) is 21.8 Å². The van der Waals surface area contributed by atoms with Crippen LogP contribution in [0.2, 0.25) is 5.02 Å². The lowest BCUT2D eigenvalue weighted by atomic mass is 10.0. The van der Waals surface area contributed by atoms with E-state index >= 15 is 0 Å². The topological polar surface area (TPSA) is 136 Å². The summed E-state index contributed by atoms with van der Waals surface area (Å²) >= 11 is 6.44. The van der Waals surface area contributed by atoms with Gasteiger partial charge in [0.25, 0.3) is 5.91 Å². The van der Waals surface area contributed by atoms with Crippen molar-refractivity contribution in [3.63, 3.8) is 0 Å². The standard InChI is InChI=1S/C27H33ClN4O6S/c1-5-7-20-21-16-25(32(4)24(21)13-12-22(20)28)26(34)30-23(14-15-29-39(36,37)31-17(3)33)18-8-10-19(11-9-18)27(35)38-6-2/h8-13,16,23,29H,5-7,14-15H2,1-4H3,(H,30,34)(H,31,33). The van der Waals surface area contributed by atoms with Gasteiger partial charge in [-0.3, -0.25) is 9.59 Å². The van der Waals surface area contributed by atoms with Crippen LogP contribution in [-0.2, 0) is 33.2 Å². The molecule has 1 atom stereocenters. The summed E-state index contributed by atoms with van der Waals surface area (Å²) in [6, 6.07) is 11.4. The molecule has 0 radical (unpaired) electrons. The number of fused-ring (bicyclic) bond motifs is 1. The molecule has 3 N–H and O–H groups in total. The maximum Gasteiger partial charge on any atom is 0.338 e. The van der Waals surface area contributed by atoms with Crippen molar-refractivity contribution in [1.29, 1.82) is 0 Å². The largest absolute Gasteiger partial charge is 0.462 e. The molecule has 3 rings (SSSR count). The summed E-state index contributed by atoms with van der Waals surface area (Å²) in [5.41, 5.74) is 3.27. The molecule has 0 saturated carbocycles. The van der Waals surface area contributed by atoms with Crippen LogP contribution in [0.1, 0.15) is 71.6 Å². The van der Waals surface area contributed by atoms with Crippen LogP contribution in [0.15, 0.2) is 42.5 Å². The number of hydrogen-bond acceptors (Lipinski definition) is 6. The molecule has 0 fully saturated rings. The van der Waals surface area contributed by atoms with Gasteiger partial charge >= 0.3 is 16.2 Å². The van der Waals surface area contributed by atoms with E-state index in [0.717, 1.165) is 36.2 Å². The third-order valence-electron chi connectivity index (χ3n) is 6.15. The molecule has 1 heterocycles. The van der Waals surface area contributed by atoms with Crippen molar-refractivity contribution in [3.05, 3.63) is 69.9 Å². The third-order valence-corrected chi connectivity index (χ3v) is 7.64. The second-order valence-electron chi connectivity index (χ2n) is 9.01. The molecule has 0 aliphatic heterocycles. The highest BCUT2D eigenvalue weighted by atomic mass is 35.5. The van der Waals surface area contributed by atoms with Gasteiger partial charge in [-0.1, -0.05) is 37.1 Å². The van der Waals surface area contributed by atoms with Gasteiger partial charge in [0.2, 0.25) is 5.91 Å². The van der Waals surface area contributed by atoms with Crippen LogP contribution < -0.4 is 14.8 Å². The first-order valence-electron chi connectivity index (χ1n) is 12.6. The Bertz CT molecular complexity index is 1470. The Morgan fingerprint density at radius 2 is 1.77 bits per heavy atom. The lowest BCUT2D eigenvalue weighted by Crippen LogP contribution is -2.40. The number of nitrogens with zero attached hydrogens (tertiary/aromatic N) is 1. The van der Waals surface area contributed by atoms with Crippen LogP contribution in [-0.4, -0.2) is 43.9 Å². The quantitative estimate of drug-likeness (QED) is 0.281. The number of rotatable bonds is 12. The summed E-state index contributed by atoms with van der Waals surface area (Å²) in [4.78, 5) is 36.7. The van der Waals surface area contributed by atoms with E-state index < -0.39 is 28.1 Å². The lowest BCUT2D eigenvalue weighted by molar-refractivity contribution is -0.117. The number of hydrogen-bond donors (Lipinski definition) is 3. The molecule has 0 bridgehead atoms. The molecule has 1 unspecified atom stereocenters. The van der Waals surface area contributed by atoms with Gasteiger partial charge in [-0.05, 0) is 61.2 Å². The number of amides is 2. The summed E-state index contributed by atoms with van der Waals surface area (Å²) in [6.45, 7) is 5.04. The number of aromatic nitrogens is 1. The smallest absolute Gasteiger partial charge is 0.338 e. The van der Waals surface area contributed by atoms with Crippen molar-refractivity contribution in [3.8, 4) is 0 Å². The Hall–Kier alpha value is -3.41. The maximum absolute atomic E-state index is 13.5. The van der Waals surface area contributed by atoms with Gasteiger partial charge < -0.3 is 14.6 Å². The minimum atomic E-state index is -4.04. The van der Waals surface area contributed by atoms with Gasteiger partial charge in [0.05, 0.1) is 18.2 Å². The van der Waals surface area contributed by atoms with Gasteiger partial charge in [-0.25, -0.2) is 9.52 Å². The number of carbonyl (C=O) groups is 3. The minimum Gasteiger partial charge on any atom is -0.462 e. The van der Waals surface area contributed by atoms with Crippen molar-refractivity contribution < 1.29 is 27.5 Å². The molecule has 12 heteroatoms. The minimum absolute atomic E-state index is 0.0709. The Labute approximate surface area is 233 Å². The number of nitrogens with one attached hydrogen (secondary N) is 3. The van der Waals surface area contributed by atoms with Gasteiger partial charge in [0.1, 0.15) is 5.69 Å². The molecule has 0 aliphatic rings. The third kappa shape index (κ3) is 7.59. The Balaban J connectivity index is 1.90. The summed E-state index contributed by atoms with van der Waals surface area (Å²) in [6.07, 6.45) is 1.83. The molecular weight excluding hydrogens is 544 g/mol. The van der Waals surface area contributed by atoms with E-state index in [9.17, 15) is 22.8 Å². The SMILES string of the molecule is CCCc1c(Cl)ccc2c1cc(C(=O)NC(CCNS(=O)(=O)NC(C)=O)c1ccc(C(=O)OCC)cc1)n2C. The summed E-state index contributed by atoms with van der Waals surface area (Å²) in [7, 11) is -2.24. The van der Waals surface area contributed by atoms with Crippen molar-refractivity contribution in [2.24, 2.45) is 7.05 Å². The van der Waals surface area contributed by atoms with E-state index in [1.807, 2.05) is 22.9 Å². The molecule has 3 aromatic rings. The maximum atomic E-state index is 13.5. The Kier molecular flexibility index (Phi) is 10.1. The molecule has 2 aromatic carbocycles. The highest BCUT2D eigenvalue weighted by molar-refractivity contribution is 7.88. The van der Waals surface area contributed by atoms with Crippen LogP contribution >= 0.6 is 11.6 Å². The molecule has 1 aromatic heterocycles. The number of esters is 1. The van der Waals surface area contributed by atoms with Crippen molar-refractivity contribution in [2.75, 3.05) is 13.2 Å². The van der Waals surface area contributed by atoms with Crippen LogP contribution in [0, 0.1) is 0 Å². The predicted octanol–water partition coefficient (Wildman–Crippen LogP) is 3.79. The normalized spacial score (nSPS) is 12.2. The van der Waals surface area contributed by atoms with Gasteiger partial charge in [0.15, 0.2) is 0 Å². The molecule has 0 spiro atoms. The number of aryl methyl sites for hydroxylation is 2. The fourth-order valence-corrected chi connectivity index (χ4v) is 5.44. The van der Waals surface area contributed by atoms with Gasteiger partial charge in [0, 0.05) is 36.4 Å². The van der Waals surface area contributed by atoms with Crippen LogP contribution in [0.4, 0.5) is 0 Å². The van der Waals surface area contributed by atoms with E-state index in [1.54, 1.807) is 42.8 Å². The van der Waals surface area contributed by atoms with Crippen LogP contribution in [0.25, 0.3) is 10.9 Å². The summed E-state index contributed by atoms with van der Waals surface area (Å²) < 4.78 is 35.1. The first kappa shape index (κ1) is 30.1. The van der Waals surface area contributed by atoms with Gasteiger partial charge in [-0.15, -0.1) is 0 Å². The summed E-state index contributed by atoms with van der Waals surface area (Å²) in [5, 5.41) is 4.53. The Morgan fingerprint density at radius 1 is 1.08 bits per heavy atom. The number of ether oxygens (including phenoxy) is 1. The highest BCUT2D eigenvalue weighted by Gasteiger charge is 2.22. The fourth-order valence-electron chi connectivity index (χ4n) is 4.35. The Morgan fingerprint density at radius 3 is 2.38 bits per heavy atom. The molecule has 10 nitrogen and oxygen atoms in total. The van der Waals surface area contributed by atoms with E-state index in [4.69, 9.17) is 16.3 Å². The molecule has 2 amide bonds. The first-order chi connectivity index (χ1) is 18.5. The molecule has 210 valence electrons. The van der Waals surface area contributed by atoms with Crippen molar-refractivity contribution in [2.45, 2.75) is 46.1 Å². The average molecular weight is 577 g/mol. The zero-order chi connectivity index (χ0) is 28.7. The van der Waals surface area contributed by atoms with Crippen LogP contribution in [0.5, 0.6) is 0 Å². The first-order valence-corrected chi connectivity index (χ1v) is 14.5. The van der Waals surface area contributed by atoms with Gasteiger partial charge in [-0.2, -0.15) is 13.1 Å². The van der Waals surface area contributed by atoms with E-state index in [1.165, 1.54) is 0 Å². The lowest BCUT2D eigenvalue weighted by Gasteiger charge is -2.20.